The monoisotopic (exact) mass is 317 g/mol. The Bertz CT molecular complexity index is 663. The fraction of sp³-hybridized carbons (Fsp3) is 0.312. The highest BCUT2D eigenvalue weighted by molar-refractivity contribution is 7.18. The summed E-state index contributed by atoms with van der Waals surface area (Å²) in [6.07, 6.45) is 0. The van der Waals surface area contributed by atoms with Crippen LogP contribution in [0.1, 0.15) is 36.0 Å². The first-order valence-corrected chi connectivity index (χ1v) is 8.01. The zero-order chi connectivity index (χ0) is 16.1. The lowest BCUT2D eigenvalue weighted by molar-refractivity contribution is -0.114. The average molecular weight is 317 g/mol. The van der Waals surface area contributed by atoms with Crippen molar-refractivity contribution in [3.05, 3.63) is 40.8 Å². The molecule has 0 aliphatic heterocycles. The van der Waals surface area contributed by atoms with E-state index in [0.29, 0.717) is 16.3 Å². The van der Waals surface area contributed by atoms with E-state index in [1.807, 2.05) is 32.0 Å². The van der Waals surface area contributed by atoms with Crippen molar-refractivity contribution in [2.75, 3.05) is 23.3 Å². The molecule has 0 unspecified atom stereocenters. The lowest BCUT2D eigenvalue weighted by Gasteiger charge is -2.16. The van der Waals surface area contributed by atoms with Crippen LogP contribution in [-0.2, 0) is 4.79 Å². The van der Waals surface area contributed by atoms with Crippen molar-refractivity contribution in [1.29, 1.82) is 0 Å². The van der Waals surface area contributed by atoms with Gasteiger partial charge in [-0.1, -0.05) is 41.7 Å². The standard InChI is InChI=1S/C16H19N3O2S/c1-4-19(5-2)16-18-15(17-11(3)20)14(22-16)13(21)12-9-7-6-8-10-12/h6-10H,4-5H2,1-3H3,(H,17,20). The van der Waals surface area contributed by atoms with Crippen molar-refractivity contribution < 1.29 is 9.59 Å². The summed E-state index contributed by atoms with van der Waals surface area (Å²) in [6, 6.07) is 9.02. The molecular weight excluding hydrogens is 298 g/mol. The highest BCUT2D eigenvalue weighted by atomic mass is 32.1. The lowest BCUT2D eigenvalue weighted by Crippen LogP contribution is -2.21. The van der Waals surface area contributed by atoms with Crippen molar-refractivity contribution >= 4 is 34.0 Å². The predicted molar refractivity (Wildman–Crippen MR) is 89.9 cm³/mol. The number of carbonyl (C=O) groups excluding carboxylic acids is 2. The molecule has 116 valence electrons. The second kappa shape index (κ2) is 7.17. The van der Waals surface area contributed by atoms with Gasteiger partial charge in [0, 0.05) is 25.6 Å². The molecular formula is C16H19N3O2S. The number of thiazole rings is 1. The summed E-state index contributed by atoms with van der Waals surface area (Å²) in [4.78, 5) is 31.0. The van der Waals surface area contributed by atoms with Crippen LogP contribution < -0.4 is 10.2 Å². The van der Waals surface area contributed by atoms with Crippen LogP contribution in [0.3, 0.4) is 0 Å². The molecule has 0 fully saturated rings. The molecule has 2 aromatic rings. The van der Waals surface area contributed by atoms with Gasteiger partial charge in [-0.15, -0.1) is 0 Å². The molecule has 22 heavy (non-hydrogen) atoms. The molecule has 1 aromatic carbocycles. The number of carbonyl (C=O) groups is 2. The third-order valence-electron chi connectivity index (χ3n) is 3.19. The van der Waals surface area contributed by atoms with Crippen LogP contribution in [0, 0.1) is 0 Å². The van der Waals surface area contributed by atoms with Crippen LogP contribution in [0.2, 0.25) is 0 Å². The first-order chi connectivity index (χ1) is 10.6. The lowest BCUT2D eigenvalue weighted by atomic mass is 10.1. The van der Waals surface area contributed by atoms with Crippen LogP contribution in [0.15, 0.2) is 30.3 Å². The molecule has 0 atom stereocenters. The fourth-order valence-corrected chi connectivity index (χ4v) is 3.17. The topological polar surface area (TPSA) is 62.3 Å². The van der Waals surface area contributed by atoms with Gasteiger partial charge in [-0.05, 0) is 13.8 Å². The molecule has 1 N–H and O–H groups in total. The minimum Gasteiger partial charge on any atom is -0.349 e. The van der Waals surface area contributed by atoms with Gasteiger partial charge in [0.2, 0.25) is 11.7 Å². The normalized spacial score (nSPS) is 10.3. The SMILES string of the molecule is CCN(CC)c1nc(NC(C)=O)c(C(=O)c2ccccc2)s1. The maximum absolute atomic E-state index is 12.7. The Balaban J connectivity index is 2.44. The number of nitrogens with zero attached hydrogens (tertiary/aromatic N) is 2. The van der Waals surface area contributed by atoms with Crippen LogP contribution in [0.25, 0.3) is 0 Å². The number of rotatable bonds is 6. The largest absolute Gasteiger partial charge is 0.349 e. The van der Waals surface area contributed by atoms with Crippen LogP contribution in [0.5, 0.6) is 0 Å². The van der Waals surface area contributed by atoms with Gasteiger partial charge in [0.1, 0.15) is 4.88 Å². The summed E-state index contributed by atoms with van der Waals surface area (Å²) in [5.41, 5.74) is 0.587. The van der Waals surface area contributed by atoms with E-state index in [0.717, 1.165) is 18.2 Å². The third-order valence-corrected chi connectivity index (χ3v) is 4.30. The maximum Gasteiger partial charge on any atom is 0.222 e. The van der Waals surface area contributed by atoms with Crippen molar-refractivity contribution in [3.8, 4) is 0 Å². The Kier molecular flexibility index (Phi) is 5.27. The molecule has 0 aliphatic rings. The molecule has 0 saturated carbocycles. The number of aromatic nitrogens is 1. The van der Waals surface area contributed by atoms with Crippen LogP contribution in [-0.4, -0.2) is 29.8 Å². The smallest absolute Gasteiger partial charge is 0.222 e. The molecule has 0 spiro atoms. The molecule has 0 radical (unpaired) electrons. The van der Waals surface area contributed by atoms with Crippen LogP contribution >= 0.6 is 11.3 Å². The van der Waals surface area contributed by atoms with E-state index < -0.39 is 0 Å². The molecule has 1 amide bonds. The molecule has 0 bridgehead atoms. The maximum atomic E-state index is 12.7. The minimum atomic E-state index is -0.237. The number of nitrogens with one attached hydrogen (secondary N) is 1. The number of hydrogen-bond donors (Lipinski definition) is 1. The summed E-state index contributed by atoms with van der Waals surface area (Å²) < 4.78 is 0. The molecule has 0 saturated heterocycles. The minimum absolute atomic E-state index is 0.125. The number of ketones is 1. The summed E-state index contributed by atoms with van der Waals surface area (Å²) in [6.45, 7) is 7.06. The average Bonchev–Trinajstić information content (AvgIpc) is 2.91. The summed E-state index contributed by atoms with van der Waals surface area (Å²) in [7, 11) is 0. The van der Waals surface area contributed by atoms with E-state index in [2.05, 4.69) is 15.2 Å². The zero-order valence-corrected chi connectivity index (χ0v) is 13.7. The van der Waals surface area contributed by atoms with Crippen molar-refractivity contribution in [3.63, 3.8) is 0 Å². The fourth-order valence-electron chi connectivity index (χ4n) is 2.06. The zero-order valence-electron chi connectivity index (χ0n) is 12.9. The van der Waals surface area contributed by atoms with Gasteiger partial charge >= 0.3 is 0 Å². The number of amides is 1. The second-order valence-corrected chi connectivity index (χ2v) is 5.70. The van der Waals surface area contributed by atoms with E-state index in [4.69, 9.17) is 0 Å². The Labute approximate surface area is 134 Å². The second-order valence-electron chi connectivity index (χ2n) is 4.72. The van der Waals surface area contributed by atoms with E-state index in [-0.39, 0.29) is 11.7 Å². The first kappa shape index (κ1) is 16.2. The van der Waals surface area contributed by atoms with Crippen LogP contribution in [0.4, 0.5) is 10.9 Å². The molecule has 5 nitrogen and oxygen atoms in total. The number of benzene rings is 1. The Hall–Kier alpha value is -2.21. The van der Waals surface area contributed by atoms with Gasteiger partial charge in [-0.3, -0.25) is 9.59 Å². The van der Waals surface area contributed by atoms with E-state index in [9.17, 15) is 9.59 Å². The Morgan fingerprint density at radius 2 is 1.82 bits per heavy atom. The van der Waals surface area contributed by atoms with Gasteiger partial charge in [0.25, 0.3) is 0 Å². The van der Waals surface area contributed by atoms with Gasteiger partial charge in [0.05, 0.1) is 0 Å². The molecule has 2 rings (SSSR count). The Morgan fingerprint density at radius 1 is 1.18 bits per heavy atom. The molecule has 0 aliphatic carbocycles. The highest BCUT2D eigenvalue weighted by Crippen LogP contribution is 2.31. The predicted octanol–water partition coefficient (Wildman–Crippen LogP) is 3.18. The Morgan fingerprint density at radius 3 is 2.36 bits per heavy atom. The number of anilines is 2. The third kappa shape index (κ3) is 3.51. The summed E-state index contributed by atoms with van der Waals surface area (Å²) >= 11 is 1.31. The first-order valence-electron chi connectivity index (χ1n) is 7.19. The molecule has 1 aromatic heterocycles. The van der Waals surface area contributed by atoms with E-state index >= 15 is 0 Å². The summed E-state index contributed by atoms with van der Waals surface area (Å²) in [5.74, 6) is -0.0213. The van der Waals surface area contributed by atoms with E-state index in [1.165, 1.54) is 18.3 Å². The van der Waals surface area contributed by atoms with Crippen molar-refractivity contribution in [2.45, 2.75) is 20.8 Å². The molecule has 6 heteroatoms. The number of hydrogen-bond acceptors (Lipinski definition) is 5. The summed E-state index contributed by atoms with van der Waals surface area (Å²) in [5, 5.41) is 3.40. The van der Waals surface area contributed by atoms with Gasteiger partial charge in [-0.25, -0.2) is 4.98 Å². The van der Waals surface area contributed by atoms with Crippen molar-refractivity contribution in [1.82, 2.24) is 4.98 Å². The highest BCUT2D eigenvalue weighted by Gasteiger charge is 2.22. The van der Waals surface area contributed by atoms with E-state index in [1.54, 1.807) is 12.1 Å². The van der Waals surface area contributed by atoms with Crippen molar-refractivity contribution in [2.24, 2.45) is 0 Å². The molecule has 1 heterocycles. The quantitative estimate of drug-likeness (QED) is 0.831. The van der Waals surface area contributed by atoms with Gasteiger partial charge in [-0.2, -0.15) is 0 Å². The van der Waals surface area contributed by atoms with Gasteiger partial charge in [0.15, 0.2) is 10.9 Å². The van der Waals surface area contributed by atoms with Gasteiger partial charge < -0.3 is 10.2 Å².